The summed E-state index contributed by atoms with van der Waals surface area (Å²) in [5, 5.41) is 6.78. The van der Waals surface area contributed by atoms with Crippen LogP contribution in [-0.4, -0.2) is 36.3 Å². The van der Waals surface area contributed by atoms with Gasteiger partial charge in [0.1, 0.15) is 17.5 Å². The summed E-state index contributed by atoms with van der Waals surface area (Å²) in [6.45, 7) is 10.3. The van der Waals surface area contributed by atoms with Crippen molar-refractivity contribution in [3.05, 3.63) is 11.4 Å². The molecule has 0 saturated carbocycles. The third kappa shape index (κ3) is 3.84. The van der Waals surface area contributed by atoms with E-state index in [0.717, 1.165) is 49.1 Å². The molecule has 2 heterocycles. The van der Waals surface area contributed by atoms with Gasteiger partial charge in [0.2, 0.25) is 0 Å². The van der Waals surface area contributed by atoms with Crippen molar-refractivity contribution >= 4 is 11.6 Å². The standard InChI is InChI=1S/C16H28N4O/c1-10(2)14-19-15(17-5)11(3)16(20-14)18-12(4)13-6-8-21-9-7-13/h10,12-13H,6-9H2,1-5H3,(H2,17,18,19,20). The smallest absolute Gasteiger partial charge is 0.135 e. The van der Waals surface area contributed by atoms with Gasteiger partial charge in [-0.1, -0.05) is 13.8 Å². The highest BCUT2D eigenvalue weighted by atomic mass is 16.5. The lowest BCUT2D eigenvalue weighted by molar-refractivity contribution is 0.0622. The molecule has 1 aromatic rings. The first-order valence-corrected chi connectivity index (χ1v) is 7.93. The molecule has 0 aliphatic carbocycles. The molecule has 1 aromatic heterocycles. The van der Waals surface area contributed by atoms with Crippen LogP contribution in [0.3, 0.4) is 0 Å². The van der Waals surface area contributed by atoms with Gasteiger partial charge in [-0.15, -0.1) is 0 Å². The Bertz CT molecular complexity index is 470. The van der Waals surface area contributed by atoms with Gasteiger partial charge >= 0.3 is 0 Å². The molecular weight excluding hydrogens is 264 g/mol. The number of hydrogen-bond acceptors (Lipinski definition) is 5. The summed E-state index contributed by atoms with van der Waals surface area (Å²) >= 11 is 0. The molecular formula is C16H28N4O. The molecule has 0 radical (unpaired) electrons. The lowest BCUT2D eigenvalue weighted by atomic mass is 9.93. The van der Waals surface area contributed by atoms with Crippen molar-refractivity contribution in [1.29, 1.82) is 0 Å². The molecule has 5 nitrogen and oxygen atoms in total. The molecule has 118 valence electrons. The third-order valence-corrected chi connectivity index (χ3v) is 4.25. The zero-order valence-electron chi connectivity index (χ0n) is 13.9. The Labute approximate surface area is 127 Å². The SMILES string of the molecule is CNc1nc(C(C)C)nc(NC(C)C2CCOCC2)c1C. The van der Waals surface area contributed by atoms with Crippen molar-refractivity contribution in [3.63, 3.8) is 0 Å². The normalized spacial score (nSPS) is 17.8. The van der Waals surface area contributed by atoms with E-state index in [0.29, 0.717) is 17.9 Å². The van der Waals surface area contributed by atoms with Crippen LogP contribution in [0.4, 0.5) is 11.6 Å². The molecule has 1 fully saturated rings. The minimum Gasteiger partial charge on any atom is -0.381 e. The Kier molecular flexibility index (Phi) is 5.39. The molecule has 1 aliphatic heterocycles. The van der Waals surface area contributed by atoms with E-state index in [-0.39, 0.29) is 0 Å². The van der Waals surface area contributed by atoms with Crippen molar-refractivity contribution in [1.82, 2.24) is 9.97 Å². The van der Waals surface area contributed by atoms with Crippen LogP contribution in [0.15, 0.2) is 0 Å². The Hall–Kier alpha value is -1.36. The van der Waals surface area contributed by atoms with E-state index in [2.05, 4.69) is 43.3 Å². The van der Waals surface area contributed by atoms with Crippen LogP contribution >= 0.6 is 0 Å². The second-order valence-corrected chi connectivity index (χ2v) is 6.19. The highest BCUT2D eigenvalue weighted by molar-refractivity contribution is 5.57. The van der Waals surface area contributed by atoms with E-state index in [9.17, 15) is 0 Å². The van der Waals surface area contributed by atoms with Gasteiger partial charge in [-0.2, -0.15) is 0 Å². The zero-order chi connectivity index (χ0) is 15.4. The average Bonchev–Trinajstić information content (AvgIpc) is 2.49. The first-order chi connectivity index (χ1) is 10.0. The van der Waals surface area contributed by atoms with E-state index in [4.69, 9.17) is 9.72 Å². The molecule has 0 aromatic carbocycles. The second-order valence-electron chi connectivity index (χ2n) is 6.19. The van der Waals surface area contributed by atoms with Gasteiger partial charge in [-0.3, -0.25) is 0 Å². The van der Waals surface area contributed by atoms with Crippen LogP contribution in [0.2, 0.25) is 0 Å². The summed E-state index contributed by atoms with van der Waals surface area (Å²) in [6.07, 6.45) is 2.24. The molecule has 0 spiro atoms. The van der Waals surface area contributed by atoms with Gasteiger partial charge in [-0.05, 0) is 32.6 Å². The molecule has 2 N–H and O–H groups in total. The van der Waals surface area contributed by atoms with Gasteiger partial charge in [0.25, 0.3) is 0 Å². The average molecular weight is 292 g/mol. The predicted octanol–water partition coefficient (Wildman–Crippen LogP) is 3.18. The van der Waals surface area contributed by atoms with Crippen LogP contribution in [0, 0.1) is 12.8 Å². The molecule has 1 unspecified atom stereocenters. The molecule has 1 atom stereocenters. The Morgan fingerprint density at radius 3 is 2.29 bits per heavy atom. The second kappa shape index (κ2) is 7.07. The van der Waals surface area contributed by atoms with Gasteiger partial charge < -0.3 is 15.4 Å². The van der Waals surface area contributed by atoms with E-state index in [1.807, 2.05) is 7.05 Å². The van der Waals surface area contributed by atoms with Crippen LogP contribution < -0.4 is 10.6 Å². The van der Waals surface area contributed by atoms with E-state index in [1.165, 1.54) is 0 Å². The topological polar surface area (TPSA) is 59.1 Å². The van der Waals surface area contributed by atoms with Gasteiger partial charge in [-0.25, -0.2) is 9.97 Å². The fraction of sp³-hybridized carbons (Fsp3) is 0.750. The number of hydrogen-bond donors (Lipinski definition) is 2. The zero-order valence-corrected chi connectivity index (χ0v) is 13.9. The highest BCUT2D eigenvalue weighted by Crippen LogP contribution is 2.26. The number of nitrogens with zero attached hydrogens (tertiary/aromatic N) is 2. The number of anilines is 2. The van der Waals surface area contributed by atoms with E-state index < -0.39 is 0 Å². The monoisotopic (exact) mass is 292 g/mol. The first kappa shape index (κ1) is 16.0. The maximum absolute atomic E-state index is 5.45. The van der Waals surface area contributed by atoms with Crippen molar-refractivity contribution < 1.29 is 4.74 Å². The maximum Gasteiger partial charge on any atom is 0.135 e. The van der Waals surface area contributed by atoms with Crippen LogP contribution in [0.25, 0.3) is 0 Å². The van der Waals surface area contributed by atoms with Gasteiger partial charge in [0.15, 0.2) is 0 Å². The van der Waals surface area contributed by atoms with Crippen molar-refractivity contribution in [3.8, 4) is 0 Å². The minimum atomic E-state index is 0.316. The summed E-state index contributed by atoms with van der Waals surface area (Å²) in [4.78, 5) is 9.31. The highest BCUT2D eigenvalue weighted by Gasteiger charge is 2.22. The van der Waals surface area contributed by atoms with Crippen molar-refractivity contribution in [2.45, 2.75) is 52.5 Å². The van der Waals surface area contributed by atoms with Gasteiger partial charge in [0.05, 0.1) is 0 Å². The number of aromatic nitrogens is 2. The molecule has 2 rings (SSSR count). The third-order valence-electron chi connectivity index (χ3n) is 4.25. The fourth-order valence-electron chi connectivity index (χ4n) is 2.73. The Morgan fingerprint density at radius 2 is 1.71 bits per heavy atom. The van der Waals surface area contributed by atoms with Crippen molar-refractivity contribution in [2.24, 2.45) is 5.92 Å². The van der Waals surface area contributed by atoms with Crippen molar-refractivity contribution in [2.75, 3.05) is 30.9 Å². The summed E-state index contributed by atoms with van der Waals surface area (Å²) in [6, 6.07) is 0.396. The largest absolute Gasteiger partial charge is 0.381 e. The Balaban J connectivity index is 2.19. The summed E-state index contributed by atoms with van der Waals surface area (Å²) in [5.74, 6) is 3.71. The number of ether oxygens (including phenoxy) is 1. The maximum atomic E-state index is 5.45. The quantitative estimate of drug-likeness (QED) is 0.873. The first-order valence-electron chi connectivity index (χ1n) is 7.93. The minimum absolute atomic E-state index is 0.316. The lowest BCUT2D eigenvalue weighted by Gasteiger charge is -2.29. The van der Waals surface area contributed by atoms with Gasteiger partial charge in [0, 0.05) is 37.8 Å². The molecule has 21 heavy (non-hydrogen) atoms. The van der Waals surface area contributed by atoms with Crippen LogP contribution in [0.5, 0.6) is 0 Å². The molecule has 1 aliphatic rings. The van der Waals surface area contributed by atoms with Crippen LogP contribution in [-0.2, 0) is 4.74 Å². The van der Waals surface area contributed by atoms with E-state index >= 15 is 0 Å². The fourth-order valence-corrected chi connectivity index (χ4v) is 2.73. The summed E-state index contributed by atoms with van der Waals surface area (Å²) in [5.41, 5.74) is 1.08. The number of nitrogens with one attached hydrogen (secondary N) is 2. The molecule has 0 amide bonds. The lowest BCUT2D eigenvalue weighted by Crippen LogP contribution is -2.31. The molecule has 1 saturated heterocycles. The number of rotatable bonds is 5. The molecule has 5 heteroatoms. The van der Waals surface area contributed by atoms with Crippen LogP contribution in [0.1, 0.15) is 50.9 Å². The summed E-state index contributed by atoms with van der Waals surface area (Å²) in [7, 11) is 1.91. The predicted molar refractivity (Wildman–Crippen MR) is 87.0 cm³/mol. The van der Waals surface area contributed by atoms with E-state index in [1.54, 1.807) is 0 Å². The molecule has 0 bridgehead atoms. The Morgan fingerprint density at radius 1 is 1.10 bits per heavy atom. The summed E-state index contributed by atoms with van der Waals surface area (Å²) < 4.78 is 5.45.